The molecule has 0 saturated heterocycles. The van der Waals surface area contributed by atoms with Crippen molar-refractivity contribution >= 4 is 15.9 Å². The van der Waals surface area contributed by atoms with Crippen LogP contribution in [0.5, 0.6) is 0 Å². The van der Waals surface area contributed by atoms with E-state index in [9.17, 15) is 4.39 Å². The Kier molecular flexibility index (Phi) is 2.77. The Morgan fingerprint density at radius 1 is 1.33 bits per heavy atom. The minimum absolute atomic E-state index is 0.256. The molecule has 1 rings (SSSR count). The van der Waals surface area contributed by atoms with Gasteiger partial charge in [0.25, 0.3) is 0 Å². The van der Waals surface area contributed by atoms with E-state index in [1.54, 1.807) is 6.92 Å². The van der Waals surface area contributed by atoms with Crippen molar-refractivity contribution in [1.29, 1.82) is 0 Å². The highest BCUT2D eigenvalue weighted by Gasteiger charge is 2.12. The van der Waals surface area contributed by atoms with E-state index in [2.05, 4.69) is 26.1 Å². The molecule has 66 valence electrons. The van der Waals surface area contributed by atoms with Gasteiger partial charge >= 0.3 is 0 Å². The lowest BCUT2D eigenvalue weighted by Crippen LogP contribution is -2.02. The fourth-order valence-corrected chi connectivity index (χ4v) is 1.57. The molecule has 0 spiro atoms. The molecule has 0 aliphatic carbocycles. The maximum absolute atomic E-state index is 12.8. The Balaban J connectivity index is 3.27. The van der Waals surface area contributed by atoms with E-state index in [4.69, 9.17) is 0 Å². The second-order valence-electron chi connectivity index (χ2n) is 2.97. The number of hydrogen-bond acceptors (Lipinski definition) is 2. The number of rotatable bonds is 1. The van der Waals surface area contributed by atoms with Gasteiger partial charge in [0, 0.05) is 10.0 Å². The van der Waals surface area contributed by atoms with E-state index >= 15 is 0 Å². The highest BCUT2D eigenvalue weighted by molar-refractivity contribution is 9.10. The number of hydrogen-bond donors (Lipinski definition) is 0. The van der Waals surface area contributed by atoms with Crippen molar-refractivity contribution in [1.82, 2.24) is 10.2 Å². The van der Waals surface area contributed by atoms with Crippen LogP contribution >= 0.6 is 15.9 Å². The van der Waals surface area contributed by atoms with Gasteiger partial charge in [-0.15, -0.1) is 5.10 Å². The normalized spacial score (nSPS) is 10.8. The lowest BCUT2D eigenvalue weighted by molar-refractivity contribution is 0.543. The van der Waals surface area contributed by atoms with Gasteiger partial charge in [-0.25, -0.2) is 0 Å². The first-order valence-corrected chi connectivity index (χ1v) is 4.51. The van der Waals surface area contributed by atoms with Gasteiger partial charge in [-0.2, -0.15) is 9.49 Å². The monoisotopic (exact) mass is 232 g/mol. The minimum atomic E-state index is -0.508. The fourth-order valence-electron chi connectivity index (χ4n) is 0.868. The molecule has 0 aliphatic heterocycles. The number of aromatic nitrogens is 2. The summed E-state index contributed by atoms with van der Waals surface area (Å²) in [5, 5.41) is 7.18. The van der Waals surface area contributed by atoms with Crippen molar-refractivity contribution in [3.05, 3.63) is 21.7 Å². The first-order valence-electron chi connectivity index (χ1n) is 3.72. The fraction of sp³-hybridized carbons (Fsp3) is 0.500. The van der Waals surface area contributed by atoms with Gasteiger partial charge in [-0.05, 0) is 28.8 Å². The van der Waals surface area contributed by atoms with Crippen LogP contribution in [0, 0.1) is 12.9 Å². The molecule has 0 bridgehead atoms. The molecule has 1 heterocycles. The van der Waals surface area contributed by atoms with Crippen molar-refractivity contribution in [2.45, 2.75) is 26.7 Å². The number of nitrogens with zero attached hydrogens (tertiary/aromatic N) is 2. The summed E-state index contributed by atoms with van der Waals surface area (Å²) < 4.78 is 13.5. The van der Waals surface area contributed by atoms with Crippen LogP contribution in [-0.4, -0.2) is 10.2 Å². The number of halogens is 2. The average Bonchev–Trinajstić information content (AvgIpc) is 2.00. The molecule has 0 amide bonds. The molecule has 0 fully saturated rings. The maximum atomic E-state index is 12.8. The van der Waals surface area contributed by atoms with Crippen molar-refractivity contribution < 1.29 is 4.39 Å². The minimum Gasteiger partial charge on any atom is -0.183 e. The molecule has 0 radical (unpaired) electrons. The predicted molar refractivity (Wildman–Crippen MR) is 48.5 cm³/mol. The summed E-state index contributed by atoms with van der Waals surface area (Å²) in [6.45, 7) is 5.66. The molecular formula is C8H10BrFN2. The Labute approximate surface area is 79.3 Å². The molecule has 0 atom stereocenters. The lowest BCUT2D eigenvalue weighted by atomic mass is 10.1. The zero-order chi connectivity index (χ0) is 9.30. The van der Waals surface area contributed by atoms with Crippen LogP contribution in [0.15, 0.2) is 4.47 Å². The smallest absolute Gasteiger partial charge is 0.183 e. The molecule has 2 nitrogen and oxygen atoms in total. The maximum Gasteiger partial charge on any atom is 0.237 e. The second-order valence-corrected chi connectivity index (χ2v) is 3.76. The van der Waals surface area contributed by atoms with E-state index < -0.39 is 5.95 Å². The SMILES string of the molecule is Cc1c(F)nnc(C(C)C)c1Br. The van der Waals surface area contributed by atoms with Crippen LogP contribution < -0.4 is 0 Å². The van der Waals surface area contributed by atoms with Gasteiger partial charge < -0.3 is 0 Å². The quantitative estimate of drug-likeness (QED) is 0.745. The Morgan fingerprint density at radius 3 is 2.42 bits per heavy atom. The summed E-state index contributed by atoms with van der Waals surface area (Å²) >= 11 is 3.29. The summed E-state index contributed by atoms with van der Waals surface area (Å²) in [5.74, 6) is -0.252. The van der Waals surface area contributed by atoms with E-state index in [1.807, 2.05) is 13.8 Å². The van der Waals surface area contributed by atoms with Crippen molar-refractivity contribution in [2.24, 2.45) is 0 Å². The van der Waals surface area contributed by atoms with Gasteiger partial charge in [0.05, 0.1) is 5.69 Å². The van der Waals surface area contributed by atoms with Gasteiger partial charge in [-0.3, -0.25) is 0 Å². The molecule has 1 aromatic heterocycles. The predicted octanol–water partition coefficient (Wildman–Crippen LogP) is 2.81. The molecule has 0 aromatic carbocycles. The summed E-state index contributed by atoms with van der Waals surface area (Å²) in [4.78, 5) is 0. The van der Waals surface area contributed by atoms with Crippen LogP contribution in [0.1, 0.15) is 31.0 Å². The molecule has 0 N–H and O–H groups in total. The van der Waals surface area contributed by atoms with Crippen LogP contribution in [-0.2, 0) is 0 Å². The van der Waals surface area contributed by atoms with Crippen LogP contribution in [0.3, 0.4) is 0 Å². The van der Waals surface area contributed by atoms with Gasteiger partial charge in [-0.1, -0.05) is 13.8 Å². The van der Waals surface area contributed by atoms with Crippen LogP contribution in [0.2, 0.25) is 0 Å². The highest BCUT2D eigenvalue weighted by atomic mass is 79.9. The van der Waals surface area contributed by atoms with E-state index in [0.717, 1.165) is 10.2 Å². The molecule has 0 saturated carbocycles. The summed E-state index contributed by atoms with van der Waals surface area (Å²) in [5.41, 5.74) is 1.32. The zero-order valence-corrected chi connectivity index (χ0v) is 8.81. The molecule has 0 unspecified atom stereocenters. The molecule has 4 heteroatoms. The van der Waals surface area contributed by atoms with Gasteiger partial charge in [0.2, 0.25) is 5.95 Å². The summed E-state index contributed by atoms with van der Waals surface area (Å²) in [6, 6.07) is 0. The van der Waals surface area contributed by atoms with Gasteiger partial charge in [0.15, 0.2) is 0 Å². The summed E-state index contributed by atoms with van der Waals surface area (Å²) in [6.07, 6.45) is 0. The van der Waals surface area contributed by atoms with Crippen LogP contribution in [0.25, 0.3) is 0 Å². The first-order chi connectivity index (χ1) is 5.54. The zero-order valence-electron chi connectivity index (χ0n) is 7.23. The third-order valence-electron chi connectivity index (χ3n) is 1.66. The third-order valence-corrected chi connectivity index (χ3v) is 2.66. The highest BCUT2D eigenvalue weighted by Crippen LogP contribution is 2.25. The topological polar surface area (TPSA) is 25.8 Å². The molecule has 0 aliphatic rings. The Bertz CT molecular complexity index is 299. The Morgan fingerprint density at radius 2 is 1.92 bits per heavy atom. The lowest BCUT2D eigenvalue weighted by Gasteiger charge is -2.07. The van der Waals surface area contributed by atoms with Crippen molar-refractivity contribution in [3.63, 3.8) is 0 Å². The molecule has 12 heavy (non-hydrogen) atoms. The molecule has 1 aromatic rings. The second kappa shape index (κ2) is 3.47. The van der Waals surface area contributed by atoms with E-state index in [0.29, 0.717) is 5.56 Å². The third kappa shape index (κ3) is 1.63. The van der Waals surface area contributed by atoms with Crippen molar-refractivity contribution in [2.75, 3.05) is 0 Å². The van der Waals surface area contributed by atoms with Gasteiger partial charge in [0.1, 0.15) is 0 Å². The summed E-state index contributed by atoms with van der Waals surface area (Å²) in [7, 11) is 0. The standard InChI is InChI=1S/C8H10BrFN2/c1-4(2)7-6(9)5(3)8(10)12-11-7/h4H,1-3H3. The van der Waals surface area contributed by atoms with Crippen LogP contribution in [0.4, 0.5) is 4.39 Å². The average molecular weight is 233 g/mol. The van der Waals surface area contributed by atoms with Crippen molar-refractivity contribution in [3.8, 4) is 0 Å². The first kappa shape index (κ1) is 9.58. The molecular weight excluding hydrogens is 223 g/mol. The largest absolute Gasteiger partial charge is 0.237 e. The Hall–Kier alpha value is -0.510. The van der Waals surface area contributed by atoms with E-state index in [-0.39, 0.29) is 5.92 Å². The van der Waals surface area contributed by atoms with E-state index in [1.165, 1.54) is 0 Å².